The second-order valence-corrected chi connectivity index (χ2v) is 5.40. The second-order valence-electron chi connectivity index (χ2n) is 5.40. The van der Waals surface area contributed by atoms with Crippen LogP contribution in [0.3, 0.4) is 0 Å². The van der Waals surface area contributed by atoms with Gasteiger partial charge in [0.05, 0.1) is 17.4 Å². The summed E-state index contributed by atoms with van der Waals surface area (Å²) in [6, 6.07) is 6.46. The lowest BCUT2D eigenvalue weighted by atomic mass is 10.1. The van der Waals surface area contributed by atoms with Gasteiger partial charge in [0.1, 0.15) is 0 Å². The van der Waals surface area contributed by atoms with Crippen molar-refractivity contribution in [2.24, 2.45) is 5.92 Å². The molecule has 1 aromatic heterocycles. The summed E-state index contributed by atoms with van der Waals surface area (Å²) in [5.74, 6) is 0.883. The van der Waals surface area contributed by atoms with E-state index in [-0.39, 0.29) is 0 Å². The molecule has 0 amide bonds. The second kappa shape index (κ2) is 6.17. The van der Waals surface area contributed by atoms with Gasteiger partial charge in [0.2, 0.25) is 0 Å². The van der Waals surface area contributed by atoms with Crippen LogP contribution in [0.5, 0.6) is 0 Å². The normalized spacial score (nSPS) is 19.3. The summed E-state index contributed by atoms with van der Waals surface area (Å²) < 4.78 is 0. The lowest BCUT2D eigenvalue weighted by molar-refractivity contribution is 0.501. The summed E-state index contributed by atoms with van der Waals surface area (Å²) in [5, 5.41) is 6.97. The largest absolute Gasteiger partial charge is 0.345 e. The predicted molar refractivity (Wildman–Crippen MR) is 78.3 cm³/mol. The maximum Gasteiger partial charge on any atom is 0.0931 e. The third-order valence-electron chi connectivity index (χ3n) is 3.97. The predicted octanol–water partition coefficient (Wildman–Crippen LogP) is 1.69. The molecule has 1 saturated heterocycles. The first-order valence-electron chi connectivity index (χ1n) is 7.25. The molecule has 1 aliphatic heterocycles. The molecule has 1 fully saturated rings. The molecule has 1 atom stereocenters. The number of imidazole rings is 1. The van der Waals surface area contributed by atoms with E-state index in [2.05, 4.69) is 38.8 Å². The van der Waals surface area contributed by atoms with Gasteiger partial charge in [0, 0.05) is 0 Å². The first kappa shape index (κ1) is 12.6. The van der Waals surface area contributed by atoms with E-state index >= 15 is 0 Å². The molecule has 19 heavy (non-hydrogen) atoms. The molecular weight excluding hydrogens is 236 g/mol. The number of aromatic amines is 1. The van der Waals surface area contributed by atoms with Gasteiger partial charge in [-0.2, -0.15) is 0 Å². The third-order valence-corrected chi connectivity index (χ3v) is 3.97. The molecule has 4 nitrogen and oxygen atoms in total. The fourth-order valence-corrected chi connectivity index (χ4v) is 2.76. The first-order valence-corrected chi connectivity index (χ1v) is 7.25. The molecular formula is C15H22N4. The first-order chi connectivity index (χ1) is 9.42. The van der Waals surface area contributed by atoms with Gasteiger partial charge in [0.25, 0.3) is 0 Å². The Morgan fingerprint density at radius 3 is 3.21 bits per heavy atom. The van der Waals surface area contributed by atoms with Gasteiger partial charge in [-0.3, -0.25) is 0 Å². The van der Waals surface area contributed by atoms with Crippen molar-refractivity contribution in [1.82, 2.24) is 20.6 Å². The Bertz CT molecular complexity index is 514. The summed E-state index contributed by atoms with van der Waals surface area (Å²) in [6.45, 7) is 4.60. The standard InChI is InChI=1S/C15H22N4/c1-2-14-15(19-11-18-14)9-12(1)3-6-16-7-4-13-5-8-17-10-13/h1-2,9,11,13,16-17H,3-8,10H2,(H,18,19). The minimum absolute atomic E-state index is 0.883. The van der Waals surface area contributed by atoms with Crippen LogP contribution in [0.4, 0.5) is 0 Å². The molecule has 2 heterocycles. The summed E-state index contributed by atoms with van der Waals surface area (Å²) >= 11 is 0. The van der Waals surface area contributed by atoms with E-state index in [1.807, 2.05) is 0 Å². The Hall–Kier alpha value is -1.39. The molecule has 0 saturated carbocycles. The summed E-state index contributed by atoms with van der Waals surface area (Å²) in [5.41, 5.74) is 3.55. The van der Waals surface area contributed by atoms with E-state index in [1.165, 1.54) is 31.5 Å². The Morgan fingerprint density at radius 2 is 2.32 bits per heavy atom. The van der Waals surface area contributed by atoms with Gasteiger partial charge < -0.3 is 15.6 Å². The molecule has 0 radical (unpaired) electrons. The number of benzene rings is 1. The molecule has 4 heteroatoms. The fourth-order valence-electron chi connectivity index (χ4n) is 2.76. The van der Waals surface area contributed by atoms with Crippen LogP contribution >= 0.6 is 0 Å². The highest BCUT2D eigenvalue weighted by Gasteiger charge is 2.12. The van der Waals surface area contributed by atoms with Crippen LogP contribution in [-0.4, -0.2) is 36.1 Å². The van der Waals surface area contributed by atoms with Crippen LogP contribution in [0.25, 0.3) is 11.0 Å². The van der Waals surface area contributed by atoms with E-state index in [4.69, 9.17) is 0 Å². The number of nitrogens with zero attached hydrogens (tertiary/aromatic N) is 1. The number of rotatable bonds is 6. The van der Waals surface area contributed by atoms with Crippen molar-refractivity contribution < 1.29 is 0 Å². The minimum atomic E-state index is 0.883. The van der Waals surface area contributed by atoms with Crippen molar-refractivity contribution in [2.75, 3.05) is 26.2 Å². The topological polar surface area (TPSA) is 52.7 Å². The average Bonchev–Trinajstić information content (AvgIpc) is 3.08. The summed E-state index contributed by atoms with van der Waals surface area (Å²) in [6.07, 6.45) is 5.48. The molecule has 3 rings (SSSR count). The lowest BCUT2D eigenvalue weighted by Crippen LogP contribution is -2.21. The molecule has 0 spiro atoms. The fraction of sp³-hybridized carbons (Fsp3) is 0.533. The Balaban J connectivity index is 1.39. The van der Waals surface area contributed by atoms with Gasteiger partial charge in [-0.1, -0.05) is 6.07 Å². The van der Waals surface area contributed by atoms with Crippen molar-refractivity contribution in [3.63, 3.8) is 0 Å². The van der Waals surface area contributed by atoms with Crippen molar-refractivity contribution in [1.29, 1.82) is 0 Å². The molecule has 0 bridgehead atoms. The highest BCUT2D eigenvalue weighted by molar-refractivity contribution is 5.75. The van der Waals surface area contributed by atoms with E-state index in [9.17, 15) is 0 Å². The molecule has 102 valence electrons. The van der Waals surface area contributed by atoms with E-state index in [0.717, 1.165) is 36.5 Å². The lowest BCUT2D eigenvalue weighted by Gasteiger charge is -2.09. The van der Waals surface area contributed by atoms with Gasteiger partial charge in [-0.25, -0.2) is 4.98 Å². The quantitative estimate of drug-likeness (QED) is 0.691. The number of hydrogen-bond acceptors (Lipinski definition) is 3. The Kier molecular flexibility index (Phi) is 4.10. The summed E-state index contributed by atoms with van der Waals surface area (Å²) in [4.78, 5) is 7.40. The average molecular weight is 258 g/mol. The van der Waals surface area contributed by atoms with Crippen LogP contribution in [-0.2, 0) is 6.42 Å². The third kappa shape index (κ3) is 3.33. The smallest absolute Gasteiger partial charge is 0.0931 e. The van der Waals surface area contributed by atoms with Crippen LogP contribution in [0.2, 0.25) is 0 Å². The molecule has 1 aromatic carbocycles. The van der Waals surface area contributed by atoms with Gasteiger partial charge in [0.15, 0.2) is 0 Å². The highest BCUT2D eigenvalue weighted by atomic mass is 14.9. The van der Waals surface area contributed by atoms with Crippen LogP contribution in [0, 0.1) is 5.92 Å². The van der Waals surface area contributed by atoms with E-state index in [1.54, 1.807) is 6.33 Å². The van der Waals surface area contributed by atoms with Gasteiger partial charge >= 0.3 is 0 Å². The van der Waals surface area contributed by atoms with Crippen LogP contribution < -0.4 is 10.6 Å². The number of aromatic nitrogens is 2. The molecule has 0 aliphatic carbocycles. The Labute approximate surface area is 114 Å². The summed E-state index contributed by atoms with van der Waals surface area (Å²) in [7, 11) is 0. The molecule has 1 aliphatic rings. The number of hydrogen-bond donors (Lipinski definition) is 3. The minimum Gasteiger partial charge on any atom is -0.345 e. The molecule has 3 N–H and O–H groups in total. The van der Waals surface area contributed by atoms with Crippen molar-refractivity contribution in [2.45, 2.75) is 19.3 Å². The monoisotopic (exact) mass is 258 g/mol. The van der Waals surface area contributed by atoms with Crippen molar-refractivity contribution >= 4 is 11.0 Å². The van der Waals surface area contributed by atoms with E-state index in [0.29, 0.717) is 0 Å². The van der Waals surface area contributed by atoms with Crippen LogP contribution in [0.15, 0.2) is 24.5 Å². The number of fused-ring (bicyclic) bond motifs is 1. The molecule has 1 unspecified atom stereocenters. The zero-order valence-electron chi connectivity index (χ0n) is 11.3. The molecule has 2 aromatic rings. The maximum atomic E-state index is 4.24. The zero-order valence-corrected chi connectivity index (χ0v) is 11.3. The SMILES string of the molecule is c1nc2ccc(CCNCCC3CCNC3)cc2[nH]1. The zero-order chi connectivity index (χ0) is 12.9. The Morgan fingerprint density at radius 1 is 1.32 bits per heavy atom. The van der Waals surface area contributed by atoms with Crippen molar-refractivity contribution in [3.8, 4) is 0 Å². The highest BCUT2D eigenvalue weighted by Crippen LogP contribution is 2.12. The number of nitrogens with one attached hydrogen (secondary N) is 3. The van der Waals surface area contributed by atoms with E-state index < -0.39 is 0 Å². The van der Waals surface area contributed by atoms with Gasteiger partial charge in [-0.05, 0) is 69.1 Å². The van der Waals surface area contributed by atoms with Crippen molar-refractivity contribution in [3.05, 3.63) is 30.1 Å². The number of H-pyrrole nitrogens is 1. The maximum absolute atomic E-state index is 4.24. The van der Waals surface area contributed by atoms with Crippen LogP contribution in [0.1, 0.15) is 18.4 Å². The van der Waals surface area contributed by atoms with Gasteiger partial charge in [-0.15, -0.1) is 0 Å².